The lowest BCUT2D eigenvalue weighted by Gasteiger charge is -2.22. The van der Waals surface area contributed by atoms with Crippen molar-refractivity contribution in [2.45, 2.75) is 25.3 Å². The molecule has 1 heterocycles. The average molecular weight is 145 g/mol. The summed E-state index contributed by atoms with van der Waals surface area (Å²) in [5.74, 6) is 0. The van der Waals surface area contributed by atoms with Gasteiger partial charge in [-0.25, -0.2) is 0 Å². The van der Waals surface area contributed by atoms with Crippen molar-refractivity contribution in [3.63, 3.8) is 0 Å². The molecule has 0 N–H and O–H groups in total. The van der Waals surface area contributed by atoms with Gasteiger partial charge in [0.2, 0.25) is 0 Å². The van der Waals surface area contributed by atoms with Gasteiger partial charge in [-0.05, 0) is 19.9 Å². The van der Waals surface area contributed by atoms with E-state index in [-0.39, 0.29) is 12.5 Å². The molecule has 1 rings (SSSR count). The first-order valence-corrected chi connectivity index (χ1v) is 3.57. The number of ether oxygens (including phenoxy) is 2. The van der Waals surface area contributed by atoms with E-state index < -0.39 is 0 Å². The predicted octanol–water partition coefficient (Wildman–Crippen LogP) is 0.657. The van der Waals surface area contributed by atoms with Crippen LogP contribution in [0.2, 0.25) is 0 Å². The van der Waals surface area contributed by atoms with Crippen LogP contribution in [0.3, 0.4) is 0 Å². The van der Waals surface area contributed by atoms with Gasteiger partial charge in [0.05, 0.1) is 0 Å². The highest BCUT2D eigenvalue weighted by Crippen LogP contribution is 2.22. The second kappa shape index (κ2) is 3.32. The Morgan fingerprint density at radius 3 is 1.70 bits per heavy atom. The van der Waals surface area contributed by atoms with Crippen molar-refractivity contribution in [2.24, 2.45) is 0 Å². The fourth-order valence-electron chi connectivity index (χ4n) is 1.45. The van der Waals surface area contributed by atoms with Crippen molar-refractivity contribution in [1.29, 1.82) is 0 Å². The van der Waals surface area contributed by atoms with Crippen LogP contribution in [0, 0.1) is 0 Å². The highest BCUT2D eigenvalue weighted by atomic mass is 16.5. The lowest BCUT2D eigenvalue weighted by molar-refractivity contribution is -0.0727. The van der Waals surface area contributed by atoms with Crippen molar-refractivity contribution < 1.29 is 9.47 Å². The van der Waals surface area contributed by atoms with Crippen molar-refractivity contribution >= 4 is 0 Å². The summed E-state index contributed by atoms with van der Waals surface area (Å²) >= 11 is 0. The molecule has 1 aliphatic rings. The number of likely N-dealkylation sites (tertiary alicyclic amines) is 1. The van der Waals surface area contributed by atoms with E-state index in [9.17, 15) is 0 Å². The number of hydrogen-bond acceptors (Lipinski definition) is 3. The molecule has 2 atom stereocenters. The minimum absolute atomic E-state index is 0.255. The fraction of sp³-hybridized carbons (Fsp3) is 1.00. The minimum atomic E-state index is 0.255. The molecule has 0 aromatic carbocycles. The Bertz CT molecular complexity index is 95.8. The van der Waals surface area contributed by atoms with Crippen LogP contribution in [-0.4, -0.2) is 38.6 Å². The maximum Gasteiger partial charge on any atom is 0.112 e. The largest absolute Gasteiger partial charge is 0.366 e. The van der Waals surface area contributed by atoms with E-state index in [0.29, 0.717) is 0 Å². The van der Waals surface area contributed by atoms with Crippen LogP contribution < -0.4 is 0 Å². The zero-order valence-electron chi connectivity index (χ0n) is 6.83. The molecular formula is C7H15NO2. The topological polar surface area (TPSA) is 21.7 Å². The molecule has 0 saturated carbocycles. The van der Waals surface area contributed by atoms with Crippen LogP contribution in [0.4, 0.5) is 0 Å². The molecule has 0 amide bonds. The van der Waals surface area contributed by atoms with Gasteiger partial charge in [-0.3, -0.25) is 4.90 Å². The van der Waals surface area contributed by atoms with Gasteiger partial charge in [0, 0.05) is 14.2 Å². The number of hydrogen-bond donors (Lipinski definition) is 0. The lowest BCUT2D eigenvalue weighted by atomic mass is 10.3. The number of methoxy groups -OCH3 is 2. The van der Waals surface area contributed by atoms with E-state index >= 15 is 0 Å². The first kappa shape index (κ1) is 7.98. The minimum Gasteiger partial charge on any atom is -0.366 e. The number of nitrogens with zero attached hydrogens (tertiary/aromatic N) is 1. The third kappa shape index (κ3) is 1.31. The first-order chi connectivity index (χ1) is 4.79. The van der Waals surface area contributed by atoms with Crippen LogP contribution in [0.25, 0.3) is 0 Å². The zero-order valence-corrected chi connectivity index (χ0v) is 6.83. The van der Waals surface area contributed by atoms with Crippen LogP contribution >= 0.6 is 0 Å². The zero-order chi connectivity index (χ0) is 7.56. The second-order valence-electron chi connectivity index (χ2n) is 2.62. The summed E-state index contributed by atoms with van der Waals surface area (Å²) in [6.45, 7) is 0. The molecule has 0 unspecified atom stereocenters. The molecule has 10 heavy (non-hydrogen) atoms. The van der Waals surface area contributed by atoms with E-state index in [1.54, 1.807) is 14.2 Å². The van der Waals surface area contributed by atoms with Crippen molar-refractivity contribution in [1.82, 2.24) is 4.90 Å². The van der Waals surface area contributed by atoms with Gasteiger partial charge in [0.1, 0.15) is 12.5 Å². The molecule has 60 valence electrons. The maximum atomic E-state index is 5.20. The van der Waals surface area contributed by atoms with Gasteiger partial charge >= 0.3 is 0 Å². The summed E-state index contributed by atoms with van der Waals surface area (Å²) in [6, 6.07) is 0. The molecule has 0 spiro atoms. The Kier molecular flexibility index (Phi) is 2.65. The Morgan fingerprint density at radius 2 is 1.50 bits per heavy atom. The molecule has 0 bridgehead atoms. The normalized spacial score (nSPS) is 35.1. The van der Waals surface area contributed by atoms with E-state index in [1.807, 2.05) is 7.05 Å². The Hall–Kier alpha value is -0.120. The highest BCUT2D eigenvalue weighted by Gasteiger charge is 2.29. The van der Waals surface area contributed by atoms with Gasteiger partial charge in [-0.1, -0.05) is 0 Å². The van der Waals surface area contributed by atoms with Gasteiger partial charge in [0.15, 0.2) is 0 Å². The van der Waals surface area contributed by atoms with Crippen molar-refractivity contribution in [3.05, 3.63) is 0 Å². The van der Waals surface area contributed by atoms with Crippen molar-refractivity contribution in [3.8, 4) is 0 Å². The van der Waals surface area contributed by atoms with Crippen LogP contribution in [0.5, 0.6) is 0 Å². The van der Waals surface area contributed by atoms with E-state index in [1.165, 1.54) is 0 Å². The molecule has 1 saturated heterocycles. The van der Waals surface area contributed by atoms with Crippen LogP contribution in [0.15, 0.2) is 0 Å². The van der Waals surface area contributed by atoms with E-state index in [2.05, 4.69) is 4.90 Å². The second-order valence-corrected chi connectivity index (χ2v) is 2.62. The summed E-state index contributed by atoms with van der Waals surface area (Å²) in [5, 5.41) is 0. The molecule has 1 aliphatic heterocycles. The summed E-state index contributed by atoms with van der Waals surface area (Å²) in [7, 11) is 5.49. The standard InChI is InChI=1S/C7H15NO2/c1-8-6(9-2)4-5-7(8)10-3/h6-7H,4-5H2,1-3H3/t6-,7-/m1/s1. The lowest BCUT2D eigenvalue weighted by Crippen LogP contribution is -2.34. The molecule has 3 nitrogen and oxygen atoms in total. The predicted molar refractivity (Wildman–Crippen MR) is 38.6 cm³/mol. The average Bonchev–Trinajstić information content (AvgIpc) is 2.30. The van der Waals surface area contributed by atoms with Crippen LogP contribution in [-0.2, 0) is 9.47 Å². The SMILES string of the molecule is CO[C@@H]1CC[C@@H](OC)N1C. The van der Waals surface area contributed by atoms with Crippen molar-refractivity contribution in [2.75, 3.05) is 21.3 Å². The summed E-state index contributed by atoms with van der Waals surface area (Å²) in [5.41, 5.74) is 0. The number of rotatable bonds is 2. The summed E-state index contributed by atoms with van der Waals surface area (Å²) in [4.78, 5) is 2.11. The fourth-order valence-corrected chi connectivity index (χ4v) is 1.45. The van der Waals surface area contributed by atoms with Gasteiger partial charge in [0.25, 0.3) is 0 Å². The van der Waals surface area contributed by atoms with Gasteiger partial charge in [-0.2, -0.15) is 0 Å². The Balaban J connectivity index is 2.41. The summed E-state index contributed by atoms with van der Waals surface area (Å²) < 4.78 is 10.4. The molecule has 0 radical (unpaired) electrons. The monoisotopic (exact) mass is 145 g/mol. The molecule has 0 aromatic heterocycles. The Morgan fingerprint density at radius 1 is 1.10 bits per heavy atom. The summed E-state index contributed by atoms with van der Waals surface area (Å²) in [6.07, 6.45) is 2.66. The molecule has 1 fully saturated rings. The quantitative estimate of drug-likeness (QED) is 0.569. The third-order valence-electron chi connectivity index (χ3n) is 2.11. The smallest absolute Gasteiger partial charge is 0.112 e. The first-order valence-electron chi connectivity index (χ1n) is 3.57. The van der Waals surface area contributed by atoms with E-state index in [0.717, 1.165) is 12.8 Å². The van der Waals surface area contributed by atoms with Crippen LogP contribution in [0.1, 0.15) is 12.8 Å². The van der Waals surface area contributed by atoms with Gasteiger partial charge < -0.3 is 9.47 Å². The van der Waals surface area contributed by atoms with Gasteiger partial charge in [-0.15, -0.1) is 0 Å². The molecule has 0 aromatic rings. The molecule has 3 heteroatoms. The highest BCUT2D eigenvalue weighted by molar-refractivity contribution is 4.72. The Labute approximate surface area is 61.9 Å². The molecule has 0 aliphatic carbocycles. The van der Waals surface area contributed by atoms with E-state index in [4.69, 9.17) is 9.47 Å². The molecular weight excluding hydrogens is 130 g/mol. The maximum absolute atomic E-state index is 5.20. The third-order valence-corrected chi connectivity index (χ3v) is 2.11.